The third-order valence-electron chi connectivity index (χ3n) is 5.47. The highest BCUT2D eigenvalue weighted by Crippen LogP contribution is 2.56. The predicted octanol–water partition coefficient (Wildman–Crippen LogP) is 7.03. The lowest BCUT2D eigenvalue weighted by atomic mass is 9.92. The van der Waals surface area contributed by atoms with E-state index < -0.39 is 0 Å². The van der Waals surface area contributed by atoms with E-state index in [-0.39, 0.29) is 26.6 Å². The molecule has 0 saturated heterocycles. The Hall–Kier alpha value is -2.02. The molecule has 0 saturated carbocycles. The zero-order valence-corrected chi connectivity index (χ0v) is 18.4. The van der Waals surface area contributed by atoms with Gasteiger partial charge in [-0.15, -0.1) is 0 Å². The second-order valence-electron chi connectivity index (χ2n) is 8.22. The van der Waals surface area contributed by atoms with Gasteiger partial charge < -0.3 is 4.74 Å². The van der Waals surface area contributed by atoms with Gasteiger partial charge in [-0.2, -0.15) is 13.5 Å². The van der Waals surface area contributed by atoms with Gasteiger partial charge in [-0.3, -0.25) is 0 Å². The second-order valence-corrected chi connectivity index (χ2v) is 11.1. The van der Waals surface area contributed by atoms with Crippen LogP contribution in [0, 0.1) is 0 Å². The van der Waals surface area contributed by atoms with Crippen LogP contribution in [0.15, 0.2) is 72.8 Å². The predicted molar refractivity (Wildman–Crippen MR) is 129 cm³/mol. The maximum absolute atomic E-state index is 6.15. The van der Waals surface area contributed by atoms with Crippen LogP contribution in [0.5, 0.6) is 5.75 Å². The van der Waals surface area contributed by atoms with Crippen molar-refractivity contribution in [3.63, 3.8) is 0 Å². The quantitative estimate of drug-likeness (QED) is 0.244. The van der Waals surface area contributed by atoms with Crippen LogP contribution in [-0.4, -0.2) is 11.5 Å². The molecule has 1 atom stereocenters. The Morgan fingerprint density at radius 3 is 2.00 bits per heavy atom. The van der Waals surface area contributed by atoms with Gasteiger partial charge in [0.1, 0.15) is 12.1 Å². The van der Waals surface area contributed by atoms with Crippen molar-refractivity contribution in [2.45, 2.75) is 25.9 Å². The topological polar surface area (TPSA) is 9.23 Å². The third kappa shape index (κ3) is 3.00. The fourth-order valence-corrected chi connectivity index (χ4v) is 6.49. The van der Waals surface area contributed by atoms with Crippen molar-refractivity contribution in [3.8, 4) is 16.9 Å². The van der Waals surface area contributed by atoms with Crippen molar-refractivity contribution in [1.82, 2.24) is 0 Å². The zero-order chi connectivity index (χ0) is 18.6. The van der Waals surface area contributed by atoms with Crippen LogP contribution in [-0.2, 0) is 0 Å². The van der Waals surface area contributed by atoms with Gasteiger partial charge in [0.25, 0.3) is 0 Å². The smallest absolute Gasteiger partial charge is 0.128 e. The van der Waals surface area contributed by atoms with Crippen molar-refractivity contribution in [3.05, 3.63) is 72.8 Å². The maximum Gasteiger partial charge on any atom is 0.128 e. The summed E-state index contributed by atoms with van der Waals surface area (Å²) in [6.07, 6.45) is 0.827. The van der Waals surface area contributed by atoms with Crippen molar-refractivity contribution < 1.29 is 4.74 Å². The van der Waals surface area contributed by atoms with E-state index in [2.05, 4.69) is 93.6 Å². The van der Waals surface area contributed by atoms with E-state index in [0.717, 1.165) is 12.1 Å². The summed E-state index contributed by atoms with van der Waals surface area (Å²) in [5.41, 5.74) is 2.70. The normalized spacial score (nSPS) is 15.9. The second kappa shape index (κ2) is 7.10. The number of hydrogen-bond donors (Lipinski definition) is 0. The van der Waals surface area contributed by atoms with Crippen molar-refractivity contribution in [2.24, 2.45) is 0 Å². The third-order valence-corrected chi connectivity index (χ3v) is 8.48. The van der Waals surface area contributed by atoms with Crippen LogP contribution in [0.4, 0.5) is 0 Å². The molecule has 3 heteroatoms. The Balaban J connectivity index is 0.00000192. The molecular weight excluding hydrogens is 379 g/mol. The Morgan fingerprint density at radius 2 is 1.39 bits per heavy atom. The highest BCUT2D eigenvalue weighted by atomic mass is 32.1. The fraction of sp³-hybridized carbons (Fsp3) is 0.200. The summed E-state index contributed by atoms with van der Waals surface area (Å²) in [5, 5.41) is 6.88. The van der Waals surface area contributed by atoms with Gasteiger partial charge in [-0.1, -0.05) is 81.4 Å². The van der Waals surface area contributed by atoms with Gasteiger partial charge >= 0.3 is 0 Å². The van der Waals surface area contributed by atoms with Crippen LogP contribution in [0.3, 0.4) is 0 Å². The van der Waals surface area contributed by atoms with Gasteiger partial charge in [-0.25, -0.2) is 0 Å². The van der Waals surface area contributed by atoms with E-state index >= 15 is 0 Å². The van der Waals surface area contributed by atoms with Crippen LogP contribution in [0.25, 0.3) is 32.7 Å². The molecule has 0 spiro atoms. The molecule has 4 aromatic rings. The Morgan fingerprint density at radius 1 is 0.786 bits per heavy atom. The monoisotopic (exact) mass is 404 g/mol. The molecule has 0 radical (unpaired) electrons. The van der Waals surface area contributed by atoms with E-state index in [1.165, 1.54) is 38.0 Å². The molecule has 4 aromatic carbocycles. The average Bonchev–Trinajstić information content (AvgIpc) is 3.11. The van der Waals surface area contributed by atoms with Crippen LogP contribution in [0.2, 0.25) is 0 Å². The van der Waals surface area contributed by atoms with Crippen molar-refractivity contribution >= 4 is 48.3 Å². The summed E-state index contributed by atoms with van der Waals surface area (Å²) >= 11 is 0. The number of benzene rings is 4. The highest BCUT2D eigenvalue weighted by molar-refractivity contribution is 7.67. The van der Waals surface area contributed by atoms with E-state index in [4.69, 9.17) is 4.74 Å². The Labute approximate surface area is 174 Å². The van der Waals surface area contributed by atoms with Gasteiger partial charge in [0, 0.05) is 5.30 Å². The first-order chi connectivity index (χ1) is 13.0. The fourth-order valence-electron chi connectivity index (χ4n) is 4.15. The molecule has 0 aromatic heterocycles. The average molecular weight is 405 g/mol. The maximum atomic E-state index is 6.15. The molecule has 5 rings (SSSR count). The molecule has 1 aliphatic heterocycles. The Bertz CT molecular complexity index is 1120. The summed E-state index contributed by atoms with van der Waals surface area (Å²) in [4.78, 5) is 0. The van der Waals surface area contributed by atoms with E-state index in [1.807, 2.05) is 0 Å². The zero-order valence-electron chi connectivity index (χ0n) is 16.5. The molecule has 28 heavy (non-hydrogen) atoms. The Kier molecular flexibility index (Phi) is 4.89. The van der Waals surface area contributed by atoms with Gasteiger partial charge in [0.05, 0.1) is 0 Å². The first-order valence-electron chi connectivity index (χ1n) is 9.48. The molecule has 0 N–H and O–H groups in total. The number of rotatable bonds is 1. The number of ether oxygens (including phenoxy) is 1. The molecule has 142 valence electrons. The van der Waals surface area contributed by atoms with Crippen molar-refractivity contribution in [2.75, 3.05) is 6.35 Å². The highest BCUT2D eigenvalue weighted by Gasteiger charge is 2.36. The van der Waals surface area contributed by atoms with Crippen LogP contribution < -0.4 is 10.0 Å². The first kappa shape index (κ1) is 19.3. The largest absolute Gasteiger partial charge is 0.488 e. The molecule has 1 aliphatic rings. The molecule has 0 aliphatic carbocycles. The molecule has 1 nitrogen and oxygen atoms in total. The summed E-state index contributed by atoms with van der Waals surface area (Å²) < 4.78 is 6.15. The lowest BCUT2D eigenvalue weighted by Gasteiger charge is -2.28. The molecule has 0 fully saturated rings. The molecular formula is C25H25OPS. The van der Waals surface area contributed by atoms with E-state index in [9.17, 15) is 0 Å². The van der Waals surface area contributed by atoms with Gasteiger partial charge in [0.2, 0.25) is 0 Å². The summed E-state index contributed by atoms with van der Waals surface area (Å²) in [7, 11) is -0.379. The molecule has 0 unspecified atom stereocenters. The van der Waals surface area contributed by atoms with Gasteiger partial charge in [-0.05, 0) is 57.9 Å². The lowest BCUT2D eigenvalue weighted by Crippen LogP contribution is -2.19. The minimum absolute atomic E-state index is 0. The van der Waals surface area contributed by atoms with Gasteiger partial charge in [0.15, 0.2) is 0 Å². The van der Waals surface area contributed by atoms with E-state index in [0.29, 0.717) is 0 Å². The molecule has 0 amide bonds. The summed E-state index contributed by atoms with van der Waals surface area (Å²) in [6, 6.07) is 26.4. The SMILES string of the molecule is CC(C)(C)[P@@]1COc2cccc(-c3c4ccccc4cc4ccccc34)c21.S. The minimum Gasteiger partial charge on any atom is -0.488 e. The lowest BCUT2D eigenvalue weighted by molar-refractivity contribution is 0.400. The van der Waals surface area contributed by atoms with E-state index in [1.54, 1.807) is 0 Å². The first-order valence-corrected chi connectivity index (χ1v) is 11.0. The van der Waals surface area contributed by atoms with Crippen LogP contribution >= 0.6 is 21.4 Å². The molecule has 1 heterocycles. The van der Waals surface area contributed by atoms with Crippen LogP contribution in [0.1, 0.15) is 20.8 Å². The van der Waals surface area contributed by atoms with Crippen molar-refractivity contribution in [1.29, 1.82) is 0 Å². The number of fused-ring (bicyclic) bond motifs is 3. The standard InChI is InChI=1S/C25H23OP.H2S/c1-25(2,3)27-16-26-22-14-8-13-21(24(22)27)23-19-11-6-4-9-17(19)15-18-10-5-7-12-20(18)23;/h4-15H,16H2,1-3H3;1H2/t27-;/m0./s1. The minimum atomic E-state index is -0.379. The number of hydrogen-bond acceptors (Lipinski definition) is 1. The summed E-state index contributed by atoms with van der Waals surface area (Å²) in [5.74, 6) is 1.07. The molecule has 0 bridgehead atoms. The summed E-state index contributed by atoms with van der Waals surface area (Å²) in [6.45, 7) is 7.03.